The number of carbonyl (C=O) groups is 1. The number of hydrogen-bond donors (Lipinski definition) is 1. The molecule has 0 amide bonds. The Morgan fingerprint density at radius 2 is 2.12 bits per heavy atom. The van der Waals surface area contributed by atoms with Crippen molar-refractivity contribution >= 4 is 17.7 Å². The lowest BCUT2D eigenvalue weighted by molar-refractivity contribution is -0.139. The molecule has 1 atom stereocenters. The van der Waals surface area contributed by atoms with E-state index in [1.54, 1.807) is 12.1 Å². The first kappa shape index (κ1) is 11.5. The number of carboxylic acids is 1. The first-order valence-corrected chi connectivity index (χ1v) is 6.23. The van der Waals surface area contributed by atoms with Crippen molar-refractivity contribution in [1.29, 1.82) is 0 Å². The molecule has 2 rings (SSSR count). The number of hydrogen-bond acceptors (Lipinski definition) is 2. The van der Waals surface area contributed by atoms with Gasteiger partial charge >= 0.3 is 5.97 Å². The number of halogens is 1. The first-order chi connectivity index (χ1) is 7.62. The fraction of sp³-hybridized carbons (Fsp3) is 0.417. The van der Waals surface area contributed by atoms with Crippen molar-refractivity contribution in [2.75, 3.05) is 5.75 Å². The topological polar surface area (TPSA) is 37.3 Å². The summed E-state index contributed by atoms with van der Waals surface area (Å²) in [4.78, 5) is 11.3. The number of rotatable bonds is 3. The molecule has 0 radical (unpaired) electrons. The van der Waals surface area contributed by atoms with E-state index in [4.69, 9.17) is 0 Å². The maximum atomic E-state index is 12.7. The normalized spacial score (nSPS) is 24.6. The fourth-order valence-corrected chi connectivity index (χ4v) is 3.37. The molecular weight excluding hydrogens is 227 g/mol. The van der Waals surface area contributed by atoms with E-state index < -0.39 is 10.7 Å². The van der Waals surface area contributed by atoms with Crippen molar-refractivity contribution in [3.8, 4) is 0 Å². The lowest BCUT2D eigenvalue weighted by atomic mass is 9.94. The SMILES string of the molecule is O=C(O)C1(Cc2ccc(F)cc2)CCCS1. The predicted molar refractivity (Wildman–Crippen MR) is 62.2 cm³/mol. The molecule has 1 aliphatic rings. The lowest BCUT2D eigenvalue weighted by Crippen LogP contribution is -2.34. The highest BCUT2D eigenvalue weighted by Crippen LogP contribution is 2.41. The summed E-state index contributed by atoms with van der Waals surface area (Å²) < 4.78 is 12.0. The molecule has 1 unspecified atom stereocenters. The summed E-state index contributed by atoms with van der Waals surface area (Å²) in [7, 11) is 0. The van der Waals surface area contributed by atoms with E-state index in [1.165, 1.54) is 23.9 Å². The van der Waals surface area contributed by atoms with E-state index in [0.717, 1.165) is 17.7 Å². The third-order valence-electron chi connectivity index (χ3n) is 2.90. The number of aliphatic carboxylic acids is 1. The van der Waals surface area contributed by atoms with Crippen LogP contribution in [0.2, 0.25) is 0 Å². The molecule has 1 aromatic carbocycles. The molecule has 0 aliphatic carbocycles. The Morgan fingerprint density at radius 1 is 1.44 bits per heavy atom. The van der Waals surface area contributed by atoms with Crippen LogP contribution in [0.25, 0.3) is 0 Å². The molecule has 16 heavy (non-hydrogen) atoms. The maximum absolute atomic E-state index is 12.7. The van der Waals surface area contributed by atoms with E-state index in [9.17, 15) is 14.3 Å². The predicted octanol–water partition coefficient (Wildman–Crippen LogP) is 2.72. The molecule has 1 fully saturated rings. The Morgan fingerprint density at radius 3 is 2.62 bits per heavy atom. The van der Waals surface area contributed by atoms with Crippen molar-refractivity contribution in [3.63, 3.8) is 0 Å². The smallest absolute Gasteiger partial charge is 0.320 e. The summed E-state index contributed by atoms with van der Waals surface area (Å²) in [6, 6.07) is 6.09. The zero-order valence-electron chi connectivity index (χ0n) is 8.78. The minimum Gasteiger partial charge on any atom is -0.480 e. The quantitative estimate of drug-likeness (QED) is 0.882. The molecule has 0 saturated carbocycles. The molecular formula is C12H13FO2S. The highest BCUT2D eigenvalue weighted by atomic mass is 32.2. The second-order valence-electron chi connectivity index (χ2n) is 4.05. The second kappa shape index (κ2) is 4.45. The third-order valence-corrected chi connectivity index (χ3v) is 4.46. The van der Waals surface area contributed by atoms with Crippen LogP contribution in [0.15, 0.2) is 24.3 Å². The minimum absolute atomic E-state index is 0.285. The van der Waals surface area contributed by atoms with Crippen molar-refractivity contribution in [2.24, 2.45) is 0 Å². The van der Waals surface area contributed by atoms with Gasteiger partial charge in [-0.15, -0.1) is 11.8 Å². The van der Waals surface area contributed by atoms with Gasteiger partial charge in [-0.2, -0.15) is 0 Å². The van der Waals surface area contributed by atoms with Gasteiger partial charge in [0.15, 0.2) is 0 Å². The van der Waals surface area contributed by atoms with Gasteiger partial charge < -0.3 is 5.11 Å². The van der Waals surface area contributed by atoms with Crippen molar-refractivity contribution in [3.05, 3.63) is 35.6 Å². The molecule has 4 heteroatoms. The van der Waals surface area contributed by atoms with Crippen molar-refractivity contribution < 1.29 is 14.3 Å². The summed E-state index contributed by atoms with van der Waals surface area (Å²) in [5.74, 6) is -0.139. The summed E-state index contributed by atoms with van der Waals surface area (Å²) in [5, 5.41) is 9.28. The molecule has 0 spiro atoms. The standard InChI is InChI=1S/C12H13FO2S/c13-10-4-2-9(3-5-10)8-12(11(14)15)6-1-7-16-12/h2-5H,1,6-8H2,(H,14,15). The van der Waals surface area contributed by atoms with E-state index in [1.807, 2.05) is 0 Å². The Labute approximate surface area is 97.9 Å². The van der Waals surface area contributed by atoms with Gasteiger partial charge in [-0.05, 0) is 42.7 Å². The van der Waals surface area contributed by atoms with E-state index in [0.29, 0.717) is 12.8 Å². The van der Waals surface area contributed by atoms with E-state index in [2.05, 4.69) is 0 Å². The number of carboxylic acid groups (broad SMARTS) is 1. The van der Waals surface area contributed by atoms with Gasteiger partial charge in [0, 0.05) is 0 Å². The van der Waals surface area contributed by atoms with Gasteiger partial charge in [0.05, 0.1) is 0 Å². The molecule has 1 N–H and O–H groups in total. The molecule has 1 aromatic rings. The van der Waals surface area contributed by atoms with Crippen LogP contribution in [0, 0.1) is 5.82 Å². The van der Waals surface area contributed by atoms with Gasteiger partial charge in [-0.25, -0.2) is 4.39 Å². The average Bonchev–Trinajstić information content (AvgIpc) is 2.71. The molecule has 1 heterocycles. The Kier molecular flexibility index (Phi) is 3.19. The van der Waals surface area contributed by atoms with Crippen LogP contribution in [-0.2, 0) is 11.2 Å². The Bertz CT molecular complexity index is 383. The summed E-state index contributed by atoms with van der Waals surface area (Å²) >= 11 is 1.50. The van der Waals surface area contributed by atoms with Crippen LogP contribution in [-0.4, -0.2) is 21.6 Å². The second-order valence-corrected chi connectivity index (χ2v) is 5.53. The van der Waals surface area contributed by atoms with Crippen LogP contribution in [0.3, 0.4) is 0 Å². The summed E-state index contributed by atoms with van der Waals surface area (Å²) in [5.41, 5.74) is 0.887. The van der Waals surface area contributed by atoms with E-state index in [-0.39, 0.29) is 5.82 Å². The largest absolute Gasteiger partial charge is 0.480 e. The zero-order valence-corrected chi connectivity index (χ0v) is 9.60. The minimum atomic E-state index is -0.751. The van der Waals surface area contributed by atoms with Crippen LogP contribution >= 0.6 is 11.8 Å². The molecule has 1 saturated heterocycles. The average molecular weight is 240 g/mol. The fourth-order valence-electron chi connectivity index (χ4n) is 2.01. The van der Waals surface area contributed by atoms with E-state index >= 15 is 0 Å². The van der Waals surface area contributed by atoms with Gasteiger partial charge in [0.25, 0.3) is 0 Å². The first-order valence-electron chi connectivity index (χ1n) is 5.24. The van der Waals surface area contributed by atoms with Crippen molar-refractivity contribution in [1.82, 2.24) is 0 Å². The van der Waals surface area contributed by atoms with Crippen LogP contribution in [0.5, 0.6) is 0 Å². The number of benzene rings is 1. The zero-order chi connectivity index (χ0) is 11.6. The monoisotopic (exact) mass is 240 g/mol. The van der Waals surface area contributed by atoms with Crippen LogP contribution in [0.4, 0.5) is 4.39 Å². The molecule has 0 aromatic heterocycles. The Balaban J connectivity index is 2.18. The third kappa shape index (κ3) is 2.21. The number of thioether (sulfide) groups is 1. The van der Waals surface area contributed by atoms with Crippen molar-refractivity contribution in [2.45, 2.75) is 24.0 Å². The van der Waals surface area contributed by atoms with Gasteiger partial charge in [-0.1, -0.05) is 12.1 Å². The highest BCUT2D eigenvalue weighted by Gasteiger charge is 2.42. The Hall–Kier alpha value is -1.03. The van der Waals surface area contributed by atoms with Crippen LogP contribution < -0.4 is 0 Å². The van der Waals surface area contributed by atoms with Crippen LogP contribution in [0.1, 0.15) is 18.4 Å². The molecule has 86 valence electrons. The maximum Gasteiger partial charge on any atom is 0.320 e. The van der Waals surface area contributed by atoms with Gasteiger partial charge in [0.2, 0.25) is 0 Å². The highest BCUT2D eigenvalue weighted by molar-refractivity contribution is 8.01. The molecule has 2 nitrogen and oxygen atoms in total. The molecule has 1 aliphatic heterocycles. The van der Waals surface area contributed by atoms with Gasteiger partial charge in [0.1, 0.15) is 10.6 Å². The van der Waals surface area contributed by atoms with Gasteiger partial charge in [-0.3, -0.25) is 4.79 Å². The molecule has 0 bridgehead atoms. The summed E-state index contributed by atoms with van der Waals surface area (Å²) in [6.07, 6.45) is 2.12. The lowest BCUT2D eigenvalue weighted by Gasteiger charge is -2.22. The summed E-state index contributed by atoms with van der Waals surface area (Å²) in [6.45, 7) is 0.